The molecule has 0 saturated heterocycles. The monoisotopic (exact) mass is 211 g/mol. The summed E-state index contributed by atoms with van der Waals surface area (Å²) in [5, 5.41) is 19.3. The van der Waals surface area contributed by atoms with Crippen molar-refractivity contribution in [3.05, 3.63) is 17.0 Å². The second-order valence-corrected chi connectivity index (χ2v) is 3.52. The fraction of sp³-hybridized carbons (Fsp3) is 0.500. The minimum absolute atomic E-state index is 0.133. The van der Waals surface area contributed by atoms with Crippen LogP contribution in [0.4, 0.5) is 0 Å². The number of rotatable bonds is 5. The highest BCUT2D eigenvalue weighted by Crippen LogP contribution is 2.15. The van der Waals surface area contributed by atoms with Gasteiger partial charge in [-0.05, 0) is 19.3 Å². The smallest absolute Gasteiger partial charge is 0.303 e. The SMILES string of the molecule is O=C(O)CCCCC1=C[N+]([O-])=CC(=O)C1. The highest BCUT2D eigenvalue weighted by Gasteiger charge is 2.14. The Kier molecular flexibility index (Phi) is 4.03. The number of hydroxylamine groups is 1. The van der Waals surface area contributed by atoms with Crippen molar-refractivity contribution in [2.24, 2.45) is 0 Å². The van der Waals surface area contributed by atoms with E-state index < -0.39 is 5.97 Å². The quantitative estimate of drug-likeness (QED) is 0.419. The van der Waals surface area contributed by atoms with Crippen LogP contribution in [0.5, 0.6) is 0 Å². The first-order valence-electron chi connectivity index (χ1n) is 4.82. The Bertz CT molecular complexity index is 330. The number of aliphatic carboxylic acids is 1. The first-order chi connectivity index (χ1) is 7.08. The van der Waals surface area contributed by atoms with Crippen molar-refractivity contribution in [1.82, 2.24) is 0 Å². The van der Waals surface area contributed by atoms with Crippen molar-refractivity contribution >= 4 is 18.0 Å². The van der Waals surface area contributed by atoms with Gasteiger partial charge in [-0.1, -0.05) is 0 Å². The number of carbonyl (C=O) groups excluding carboxylic acids is 1. The largest absolute Gasteiger partial charge is 0.619 e. The molecule has 15 heavy (non-hydrogen) atoms. The van der Waals surface area contributed by atoms with Crippen LogP contribution in [0, 0.1) is 5.21 Å². The van der Waals surface area contributed by atoms with E-state index in [0.717, 1.165) is 11.8 Å². The predicted octanol–water partition coefficient (Wildman–Crippen LogP) is 1.07. The zero-order valence-electron chi connectivity index (χ0n) is 8.31. The van der Waals surface area contributed by atoms with Crippen LogP contribution in [-0.4, -0.2) is 27.8 Å². The number of hydrogen-bond donors (Lipinski definition) is 1. The summed E-state index contributed by atoms with van der Waals surface area (Å²) in [7, 11) is 0. The maximum Gasteiger partial charge on any atom is 0.303 e. The Morgan fingerprint density at radius 1 is 1.53 bits per heavy atom. The molecule has 5 nitrogen and oxygen atoms in total. The molecule has 0 aromatic heterocycles. The molecule has 1 heterocycles. The van der Waals surface area contributed by atoms with Crippen molar-refractivity contribution in [3.63, 3.8) is 0 Å². The predicted molar refractivity (Wildman–Crippen MR) is 53.5 cm³/mol. The van der Waals surface area contributed by atoms with Crippen LogP contribution in [0.2, 0.25) is 0 Å². The molecule has 0 aliphatic carbocycles. The van der Waals surface area contributed by atoms with Gasteiger partial charge in [0.25, 0.3) is 0 Å². The molecule has 1 aliphatic rings. The molecule has 0 bridgehead atoms. The van der Waals surface area contributed by atoms with E-state index in [4.69, 9.17) is 5.11 Å². The number of allylic oxidation sites excluding steroid dienone is 1. The van der Waals surface area contributed by atoms with E-state index in [1.165, 1.54) is 6.20 Å². The van der Waals surface area contributed by atoms with Gasteiger partial charge in [-0.15, -0.1) is 0 Å². The molecule has 0 fully saturated rings. The fourth-order valence-corrected chi connectivity index (χ4v) is 1.46. The molecular weight excluding hydrogens is 198 g/mol. The van der Waals surface area contributed by atoms with Crippen LogP contribution in [0.15, 0.2) is 11.8 Å². The molecule has 0 unspecified atom stereocenters. The van der Waals surface area contributed by atoms with Gasteiger partial charge in [-0.25, -0.2) is 0 Å². The van der Waals surface area contributed by atoms with Crippen LogP contribution in [0.25, 0.3) is 0 Å². The number of Topliss-reactive ketones (excluding diaryl/α,β-unsaturated/α-hetero) is 1. The van der Waals surface area contributed by atoms with E-state index in [-0.39, 0.29) is 18.6 Å². The number of ketones is 1. The number of carbonyl (C=O) groups is 2. The molecule has 0 saturated carbocycles. The minimum atomic E-state index is -0.817. The molecular formula is C10H13NO4. The van der Waals surface area contributed by atoms with Gasteiger partial charge in [0.2, 0.25) is 12.0 Å². The van der Waals surface area contributed by atoms with Gasteiger partial charge < -0.3 is 10.3 Å². The van der Waals surface area contributed by atoms with Crippen molar-refractivity contribution < 1.29 is 19.4 Å². The number of nitrogens with zero attached hydrogens (tertiary/aromatic N) is 1. The minimum Gasteiger partial charge on any atom is -0.619 e. The van der Waals surface area contributed by atoms with Crippen LogP contribution >= 0.6 is 0 Å². The van der Waals surface area contributed by atoms with E-state index >= 15 is 0 Å². The van der Waals surface area contributed by atoms with Crippen LogP contribution in [0.1, 0.15) is 32.1 Å². The van der Waals surface area contributed by atoms with Gasteiger partial charge in [0.05, 0.1) is 0 Å². The Morgan fingerprint density at radius 3 is 2.87 bits per heavy atom. The van der Waals surface area contributed by atoms with E-state index in [2.05, 4.69) is 0 Å². The molecule has 82 valence electrons. The number of hydrogen-bond acceptors (Lipinski definition) is 3. The highest BCUT2D eigenvalue weighted by atomic mass is 16.5. The molecule has 0 amide bonds. The Hall–Kier alpha value is -1.65. The van der Waals surface area contributed by atoms with Crippen LogP contribution in [-0.2, 0) is 9.59 Å². The normalized spacial score (nSPS) is 15.9. The molecule has 1 rings (SSSR count). The molecule has 0 aromatic carbocycles. The number of carboxylic acid groups (broad SMARTS) is 1. The highest BCUT2D eigenvalue weighted by molar-refractivity contribution is 6.26. The third-order valence-electron chi connectivity index (χ3n) is 2.12. The summed E-state index contributed by atoms with van der Waals surface area (Å²) in [5.74, 6) is -1.01. The summed E-state index contributed by atoms with van der Waals surface area (Å²) < 4.78 is 0.512. The molecule has 1 aliphatic heterocycles. The lowest BCUT2D eigenvalue weighted by atomic mass is 10.0. The Labute approximate surface area is 87.3 Å². The lowest BCUT2D eigenvalue weighted by Gasteiger charge is -2.08. The van der Waals surface area contributed by atoms with Crippen molar-refractivity contribution in [3.8, 4) is 0 Å². The van der Waals surface area contributed by atoms with Gasteiger partial charge >= 0.3 is 5.97 Å². The van der Waals surface area contributed by atoms with E-state index in [0.29, 0.717) is 24.0 Å². The first kappa shape index (κ1) is 11.4. The first-order valence-corrected chi connectivity index (χ1v) is 4.82. The zero-order valence-corrected chi connectivity index (χ0v) is 8.31. The summed E-state index contributed by atoms with van der Waals surface area (Å²) in [6.45, 7) is 0. The average molecular weight is 211 g/mol. The lowest BCUT2D eigenvalue weighted by Crippen LogP contribution is -2.14. The summed E-state index contributed by atoms with van der Waals surface area (Å²) in [4.78, 5) is 21.2. The summed E-state index contributed by atoms with van der Waals surface area (Å²) in [6, 6.07) is 0. The summed E-state index contributed by atoms with van der Waals surface area (Å²) in [5.41, 5.74) is 0.780. The van der Waals surface area contributed by atoms with Gasteiger partial charge in [0.15, 0.2) is 6.20 Å². The van der Waals surface area contributed by atoms with Crippen LogP contribution < -0.4 is 0 Å². The number of carboxylic acids is 1. The summed E-state index contributed by atoms with van der Waals surface area (Å²) in [6.07, 6.45) is 4.71. The third-order valence-corrected chi connectivity index (χ3v) is 2.12. The van der Waals surface area contributed by atoms with Gasteiger partial charge in [-0.3, -0.25) is 9.59 Å². The second kappa shape index (κ2) is 5.29. The van der Waals surface area contributed by atoms with Gasteiger partial charge in [-0.2, -0.15) is 4.74 Å². The van der Waals surface area contributed by atoms with Crippen LogP contribution in [0.3, 0.4) is 0 Å². The lowest BCUT2D eigenvalue weighted by molar-refractivity contribution is -0.374. The standard InChI is InChI=1S/C10H13NO4/c12-9-5-8(6-11(15)7-9)3-1-2-4-10(13)14/h6-7H,1-5H2,(H,13,14). The van der Waals surface area contributed by atoms with E-state index in [1.807, 2.05) is 0 Å². The Morgan fingerprint density at radius 2 is 2.27 bits per heavy atom. The van der Waals surface area contributed by atoms with Crippen molar-refractivity contribution in [2.75, 3.05) is 0 Å². The average Bonchev–Trinajstić information content (AvgIpc) is 2.10. The second-order valence-electron chi connectivity index (χ2n) is 3.52. The zero-order chi connectivity index (χ0) is 11.3. The molecule has 0 spiro atoms. The maximum atomic E-state index is 11.0. The molecule has 0 atom stereocenters. The van der Waals surface area contributed by atoms with Gasteiger partial charge in [0, 0.05) is 18.4 Å². The molecule has 0 aromatic rings. The molecule has 5 heteroatoms. The molecule has 0 radical (unpaired) electrons. The van der Waals surface area contributed by atoms with E-state index in [9.17, 15) is 14.8 Å². The molecule has 1 N–H and O–H groups in total. The van der Waals surface area contributed by atoms with Crippen molar-refractivity contribution in [2.45, 2.75) is 32.1 Å². The third kappa shape index (κ3) is 4.39. The maximum absolute atomic E-state index is 11.0. The van der Waals surface area contributed by atoms with E-state index in [1.54, 1.807) is 0 Å². The summed E-state index contributed by atoms with van der Waals surface area (Å²) >= 11 is 0. The van der Waals surface area contributed by atoms with Crippen molar-refractivity contribution in [1.29, 1.82) is 0 Å². The Balaban J connectivity index is 2.30. The fourth-order valence-electron chi connectivity index (χ4n) is 1.46. The topological polar surface area (TPSA) is 80.4 Å². The van der Waals surface area contributed by atoms with Gasteiger partial charge in [0.1, 0.15) is 0 Å². The number of unbranched alkanes of at least 4 members (excludes halogenated alkanes) is 1.